The molecule has 0 saturated heterocycles. The van der Waals surface area contributed by atoms with Crippen LogP contribution >= 0.6 is 0 Å². The van der Waals surface area contributed by atoms with E-state index in [9.17, 15) is 0 Å². The van der Waals surface area contributed by atoms with Gasteiger partial charge in [0.1, 0.15) is 0 Å². The lowest BCUT2D eigenvalue weighted by Crippen LogP contribution is -2.27. The number of hydrogen-bond donors (Lipinski definition) is 0. The molecule has 0 aromatic carbocycles. The molecule has 0 fully saturated rings. The van der Waals surface area contributed by atoms with Gasteiger partial charge in [-0.15, -0.1) is 0 Å². The normalized spacial score (nSPS) is 13.0. The van der Waals surface area contributed by atoms with Gasteiger partial charge in [0.2, 0.25) is 0 Å². The molecule has 0 aliphatic carbocycles. The van der Waals surface area contributed by atoms with Crippen LogP contribution in [0.2, 0.25) is 19.6 Å². The Hall–Kier alpha value is 0.394. The minimum atomic E-state index is -1.24. The predicted molar refractivity (Wildman–Crippen MR) is 47.9 cm³/mol. The Bertz CT molecular complexity index is 77.6. The van der Waals surface area contributed by atoms with Crippen molar-refractivity contribution in [2.45, 2.75) is 33.0 Å². The lowest BCUT2D eigenvalue weighted by atomic mass is 10.5. The van der Waals surface area contributed by atoms with Gasteiger partial charge in [0.25, 0.3) is 0 Å². The van der Waals surface area contributed by atoms with Crippen molar-refractivity contribution in [3.8, 4) is 0 Å². The molecule has 0 aromatic rings. The third-order valence-electron chi connectivity index (χ3n) is 0.978. The van der Waals surface area contributed by atoms with Crippen LogP contribution in [0.15, 0.2) is 0 Å². The topological polar surface area (TPSA) is 9.23 Å². The van der Waals surface area contributed by atoms with Gasteiger partial charge in [-0.05, 0) is 26.1 Å². The molecule has 0 amide bonds. The first-order chi connectivity index (χ1) is 3.95. The van der Waals surface area contributed by atoms with Crippen molar-refractivity contribution in [1.82, 2.24) is 0 Å². The quantitative estimate of drug-likeness (QED) is 0.563. The Balaban J connectivity index is 3.47. The van der Waals surface area contributed by atoms with Crippen molar-refractivity contribution in [3.05, 3.63) is 5.73 Å². The third kappa shape index (κ3) is 6.28. The Kier molecular flexibility index (Phi) is 3.69. The minimum Gasteiger partial charge on any atom is -0.413 e. The standard InChI is InChI=1S/C6H17OSi2/c1-5-6(8)7-9(2,3)4/h5H2,1-4,8H3. The maximum absolute atomic E-state index is 5.70. The Morgan fingerprint density at radius 1 is 1.44 bits per heavy atom. The molecule has 9 heavy (non-hydrogen) atoms. The maximum Gasteiger partial charge on any atom is 0.184 e. The van der Waals surface area contributed by atoms with Crippen LogP contribution in [-0.2, 0) is 4.43 Å². The van der Waals surface area contributed by atoms with Crippen LogP contribution in [0.1, 0.15) is 13.3 Å². The summed E-state index contributed by atoms with van der Waals surface area (Å²) in [4.78, 5) is 0. The number of hydrogen-bond acceptors (Lipinski definition) is 1. The molecule has 1 nitrogen and oxygen atoms in total. The molecule has 0 aliphatic heterocycles. The summed E-state index contributed by atoms with van der Waals surface area (Å²) < 4.78 is 5.70. The van der Waals surface area contributed by atoms with Gasteiger partial charge in [-0.3, -0.25) is 0 Å². The van der Waals surface area contributed by atoms with E-state index in [1.165, 1.54) is 5.73 Å². The van der Waals surface area contributed by atoms with Gasteiger partial charge >= 0.3 is 0 Å². The second-order valence-electron chi connectivity index (χ2n) is 3.27. The van der Waals surface area contributed by atoms with Gasteiger partial charge in [-0.1, -0.05) is 6.92 Å². The lowest BCUT2D eigenvalue weighted by molar-refractivity contribution is 0.365. The molecule has 1 radical (unpaired) electrons. The molecular weight excluding hydrogens is 144 g/mol. The van der Waals surface area contributed by atoms with E-state index >= 15 is 0 Å². The second kappa shape index (κ2) is 3.53. The van der Waals surface area contributed by atoms with E-state index in [1.54, 1.807) is 0 Å². The fraction of sp³-hybridized carbons (Fsp3) is 0.833. The largest absolute Gasteiger partial charge is 0.413 e. The first-order valence-electron chi connectivity index (χ1n) is 3.47. The van der Waals surface area contributed by atoms with Crippen LogP contribution in [0.3, 0.4) is 0 Å². The van der Waals surface area contributed by atoms with Gasteiger partial charge in [-0.25, -0.2) is 0 Å². The van der Waals surface area contributed by atoms with E-state index in [-0.39, 0.29) is 0 Å². The van der Waals surface area contributed by atoms with E-state index in [0.29, 0.717) is 0 Å². The zero-order chi connectivity index (χ0) is 7.49. The maximum atomic E-state index is 5.70. The summed E-state index contributed by atoms with van der Waals surface area (Å²) in [7, 11) is -0.144. The van der Waals surface area contributed by atoms with Gasteiger partial charge in [-0.2, -0.15) is 0 Å². The molecule has 0 N–H and O–H groups in total. The van der Waals surface area contributed by atoms with E-state index in [4.69, 9.17) is 4.43 Å². The molecule has 0 rings (SSSR count). The fourth-order valence-corrected chi connectivity index (χ4v) is 3.62. The van der Waals surface area contributed by atoms with Crippen molar-refractivity contribution < 1.29 is 4.43 Å². The van der Waals surface area contributed by atoms with Crippen LogP contribution in [0, 0.1) is 5.73 Å². The summed E-state index contributed by atoms with van der Waals surface area (Å²) in [5, 5.41) is 0. The fourth-order valence-electron chi connectivity index (χ4n) is 0.595. The third-order valence-corrected chi connectivity index (χ3v) is 3.26. The average Bonchev–Trinajstić information content (AvgIpc) is 1.62. The van der Waals surface area contributed by atoms with Gasteiger partial charge in [0.05, 0.1) is 5.73 Å². The molecule has 0 saturated carbocycles. The first-order valence-corrected chi connectivity index (χ1v) is 7.88. The van der Waals surface area contributed by atoms with Gasteiger partial charge in [0.15, 0.2) is 8.32 Å². The van der Waals surface area contributed by atoms with E-state index < -0.39 is 8.32 Å². The molecule has 0 heterocycles. The highest BCUT2D eigenvalue weighted by molar-refractivity contribution is 6.70. The summed E-state index contributed by atoms with van der Waals surface area (Å²) in [6.45, 7) is 8.82. The Labute approximate surface area is 62.4 Å². The smallest absolute Gasteiger partial charge is 0.184 e. The van der Waals surface area contributed by atoms with Gasteiger partial charge in [0, 0.05) is 10.2 Å². The summed E-state index contributed by atoms with van der Waals surface area (Å²) in [5.41, 5.74) is 1.31. The lowest BCUT2D eigenvalue weighted by Gasteiger charge is -2.21. The molecule has 55 valence electrons. The van der Waals surface area contributed by atoms with Crippen molar-refractivity contribution in [2.24, 2.45) is 0 Å². The summed E-state index contributed by atoms with van der Waals surface area (Å²) in [6, 6.07) is 0. The Morgan fingerprint density at radius 3 is 2.00 bits per heavy atom. The van der Waals surface area contributed by atoms with Crippen molar-refractivity contribution in [1.29, 1.82) is 0 Å². The zero-order valence-electron chi connectivity index (χ0n) is 7.12. The van der Waals surface area contributed by atoms with E-state index in [1.807, 2.05) is 0 Å². The second-order valence-corrected chi connectivity index (χ2v) is 8.81. The van der Waals surface area contributed by atoms with Crippen LogP contribution in [0.5, 0.6) is 0 Å². The molecule has 0 aliphatic rings. The molecule has 0 spiro atoms. The SMILES string of the molecule is CC[C]([SiH3])O[Si](C)(C)C. The number of rotatable bonds is 3. The van der Waals surface area contributed by atoms with Crippen LogP contribution < -0.4 is 0 Å². The van der Waals surface area contributed by atoms with Crippen LogP contribution in [0.25, 0.3) is 0 Å². The Morgan fingerprint density at radius 2 is 1.89 bits per heavy atom. The molecule has 0 atom stereocenters. The minimum absolute atomic E-state index is 1.10. The van der Waals surface area contributed by atoms with Crippen LogP contribution in [-0.4, -0.2) is 18.6 Å². The highest BCUT2D eigenvalue weighted by atomic mass is 28.4. The predicted octanol–water partition coefficient (Wildman–Crippen LogP) is 1.10. The molecule has 0 bridgehead atoms. The van der Waals surface area contributed by atoms with Crippen molar-refractivity contribution in [3.63, 3.8) is 0 Å². The highest BCUT2D eigenvalue weighted by Gasteiger charge is 2.16. The average molecular weight is 161 g/mol. The van der Waals surface area contributed by atoms with Crippen molar-refractivity contribution >= 4 is 18.6 Å². The van der Waals surface area contributed by atoms with E-state index in [0.717, 1.165) is 16.7 Å². The molecule has 0 unspecified atom stereocenters. The summed E-state index contributed by atoms with van der Waals surface area (Å²) in [6.07, 6.45) is 1.11. The molecule has 0 aromatic heterocycles. The summed E-state index contributed by atoms with van der Waals surface area (Å²) in [5.74, 6) is 0. The zero-order valence-corrected chi connectivity index (χ0v) is 10.1. The van der Waals surface area contributed by atoms with E-state index in [2.05, 4.69) is 26.6 Å². The highest BCUT2D eigenvalue weighted by Crippen LogP contribution is 2.11. The van der Waals surface area contributed by atoms with Crippen LogP contribution in [0.4, 0.5) is 0 Å². The molecular formula is C6H17OSi2. The summed E-state index contributed by atoms with van der Waals surface area (Å²) >= 11 is 0. The van der Waals surface area contributed by atoms with Gasteiger partial charge < -0.3 is 4.43 Å². The first kappa shape index (κ1) is 9.39. The molecule has 3 heteroatoms. The van der Waals surface area contributed by atoms with Crippen molar-refractivity contribution in [2.75, 3.05) is 0 Å². The monoisotopic (exact) mass is 161 g/mol.